The van der Waals surface area contributed by atoms with Gasteiger partial charge in [-0.3, -0.25) is 4.98 Å². The van der Waals surface area contributed by atoms with Crippen molar-refractivity contribution in [3.05, 3.63) is 59.9 Å². The van der Waals surface area contributed by atoms with Crippen LogP contribution in [0.4, 0.5) is 0 Å². The Balaban J connectivity index is 1.84. The lowest BCUT2D eigenvalue weighted by Gasteiger charge is -2.17. The Labute approximate surface area is 132 Å². The fourth-order valence-corrected chi connectivity index (χ4v) is 2.08. The second kappa shape index (κ2) is 8.51. The van der Waals surface area contributed by atoms with Gasteiger partial charge in [-0.25, -0.2) is 0 Å². The SMILES string of the molecule is CCC(O)CNC(C)c1ccc(OCc2cccnc2)cc1. The lowest BCUT2D eigenvalue weighted by molar-refractivity contribution is 0.164. The van der Waals surface area contributed by atoms with Crippen molar-refractivity contribution in [2.45, 2.75) is 39.0 Å². The summed E-state index contributed by atoms with van der Waals surface area (Å²) in [6.07, 6.45) is 4.03. The summed E-state index contributed by atoms with van der Waals surface area (Å²) in [4.78, 5) is 4.07. The monoisotopic (exact) mass is 300 g/mol. The zero-order valence-electron chi connectivity index (χ0n) is 13.2. The van der Waals surface area contributed by atoms with Crippen LogP contribution in [-0.2, 0) is 6.61 Å². The van der Waals surface area contributed by atoms with Gasteiger partial charge in [-0.1, -0.05) is 25.1 Å². The average molecular weight is 300 g/mol. The minimum Gasteiger partial charge on any atom is -0.489 e. The molecule has 2 atom stereocenters. The highest BCUT2D eigenvalue weighted by molar-refractivity contribution is 5.29. The number of rotatable bonds is 8. The molecule has 1 aromatic carbocycles. The van der Waals surface area contributed by atoms with Crippen LogP contribution >= 0.6 is 0 Å². The molecule has 4 heteroatoms. The molecular formula is C18H24N2O2. The summed E-state index contributed by atoms with van der Waals surface area (Å²) in [5, 5.41) is 12.9. The van der Waals surface area contributed by atoms with Gasteiger partial charge < -0.3 is 15.2 Å². The highest BCUT2D eigenvalue weighted by Crippen LogP contribution is 2.18. The quantitative estimate of drug-likeness (QED) is 0.786. The van der Waals surface area contributed by atoms with Gasteiger partial charge in [0.1, 0.15) is 12.4 Å². The molecule has 0 radical (unpaired) electrons. The minimum atomic E-state index is -0.287. The third-order valence-electron chi connectivity index (χ3n) is 3.64. The van der Waals surface area contributed by atoms with Crippen LogP contribution in [0.1, 0.15) is 37.4 Å². The Hall–Kier alpha value is -1.91. The van der Waals surface area contributed by atoms with Crippen LogP contribution in [0.5, 0.6) is 5.75 Å². The van der Waals surface area contributed by atoms with Crippen molar-refractivity contribution in [2.75, 3.05) is 6.54 Å². The van der Waals surface area contributed by atoms with Crippen molar-refractivity contribution in [3.63, 3.8) is 0 Å². The zero-order chi connectivity index (χ0) is 15.8. The number of ether oxygens (including phenoxy) is 1. The van der Waals surface area contributed by atoms with Crippen LogP contribution < -0.4 is 10.1 Å². The molecule has 22 heavy (non-hydrogen) atoms. The maximum absolute atomic E-state index is 9.59. The lowest BCUT2D eigenvalue weighted by Crippen LogP contribution is -2.28. The molecule has 0 amide bonds. The molecule has 0 spiro atoms. The summed E-state index contributed by atoms with van der Waals surface area (Å²) < 4.78 is 5.74. The number of aliphatic hydroxyl groups excluding tert-OH is 1. The Morgan fingerprint density at radius 1 is 1.23 bits per heavy atom. The predicted molar refractivity (Wildman–Crippen MR) is 87.7 cm³/mol. The van der Waals surface area contributed by atoms with Crippen LogP contribution in [0.2, 0.25) is 0 Å². The molecule has 2 rings (SSSR count). The standard InChI is InChI=1S/C18H24N2O2/c1-3-17(21)12-20-14(2)16-6-8-18(9-7-16)22-13-15-5-4-10-19-11-15/h4-11,14,17,20-21H,3,12-13H2,1-2H3. The zero-order valence-corrected chi connectivity index (χ0v) is 13.2. The normalized spacial score (nSPS) is 13.6. The van der Waals surface area contributed by atoms with Gasteiger partial charge in [0.25, 0.3) is 0 Å². The van der Waals surface area contributed by atoms with E-state index in [0.717, 1.165) is 17.7 Å². The summed E-state index contributed by atoms with van der Waals surface area (Å²) in [5.41, 5.74) is 2.23. The van der Waals surface area contributed by atoms with Crippen LogP contribution in [0.3, 0.4) is 0 Å². The number of aromatic nitrogens is 1. The van der Waals surface area contributed by atoms with Gasteiger partial charge in [0.15, 0.2) is 0 Å². The molecule has 1 heterocycles. The highest BCUT2D eigenvalue weighted by Gasteiger charge is 2.07. The predicted octanol–water partition coefficient (Wildman–Crippen LogP) is 3.08. The van der Waals surface area contributed by atoms with E-state index in [2.05, 4.69) is 29.4 Å². The largest absolute Gasteiger partial charge is 0.489 e. The first-order valence-electron chi connectivity index (χ1n) is 7.72. The third kappa shape index (κ3) is 5.13. The van der Waals surface area contributed by atoms with Crippen molar-refractivity contribution < 1.29 is 9.84 Å². The van der Waals surface area contributed by atoms with Gasteiger partial charge in [0.2, 0.25) is 0 Å². The Morgan fingerprint density at radius 3 is 2.64 bits per heavy atom. The lowest BCUT2D eigenvalue weighted by atomic mass is 10.1. The fraction of sp³-hybridized carbons (Fsp3) is 0.389. The molecule has 0 saturated heterocycles. The molecule has 2 unspecified atom stereocenters. The van der Waals surface area contributed by atoms with Crippen molar-refractivity contribution in [1.82, 2.24) is 10.3 Å². The molecule has 2 N–H and O–H groups in total. The van der Waals surface area contributed by atoms with E-state index in [1.165, 1.54) is 5.56 Å². The second-order valence-electron chi connectivity index (χ2n) is 5.41. The molecule has 0 aliphatic carbocycles. The molecular weight excluding hydrogens is 276 g/mol. The maximum atomic E-state index is 9.59. The molecule has 0 fully saturated rings. The summed E-state index contributed by atoms with van der Waals surface area (Å²) in [5.74, 6) is 0.841. The number of aliphatic hydroxyl groups is 1. The molecule has 0 aliphatic rings. The third-order valence-corrected chi connectivity index (χ3v) is 3.64. The molecule has 0 saturated carbocycles. The van der Waals surface area contributed by atoms with Crippen LogP contribution in [0, 0.1) is 0 Å². The van der Waals surface area contributed by atoms with E-state index >= 15 is 0 Å². The van der Waals surface area contributed by atoms with E-state index in [4.69, 9.17) is 4.74 Å². The molecule has 2 aromatic rings. The van der Waals surface area contributed by atoms with Crippen molar-refractivity contribution in [3.8, 4) is 5.75 Å². The summed E-state index contributed by atoms with van der Waals surface area (Å²) >= 11 is 0. The highest BCUT2D eigenvalue weighted by atomic mass is 16.5. The smallest absolute Gasteiger partial charge is 0.119 e. The van der Waals surface area contributed by atoms with Crippen molar-refractivity contribution >= 4 is 0 Å². The van der Waals surface area contributed by atoms with Crippen LogP contribution in [-0.4, -0.2) is 22.7 Å². The molecule has 0 aliphatic heterocycles. The second-order valence-corrected chi connectivity index (χ2v) is 5.41. The van der Waals surface area contributed by atoms with Gasteiger partial charge in [-0.2, -0.15) is 0 Å². The summed E-state index contributed by atoms with van der Waals surface area (Å²) in [6, 6.07) is 12.1. The Bertz CT molecular complexity index is 543. The summed E-state index contributed by atoms with van der Waals surface area (Å²) in [7, 11) is 0. The molecule has 1 aromatic heterocycles. The number of pyridine rings is 1. The van der Waals surface area contributed by atoms with E-state index in [1.807, 2.05) is 31.2 Å². The van der Waals surface area contributed by atoms with E-state index < -0.39 is 0 Å². The van der Waals surface area contributed by atoms with E-state index in [9.17, 15) is 5.11 Å². The number of benzene rings is 1. The van der Waals surface area contributed by atoms with E-state index in [0.29, 0.717) is 13.2 Å². The first-order valence-corrected chi connectivity index (χ1v) is 7.72. The van der Waals surface area contributed by atoms with Crippen molar-refractivity contribution in [2.24, 2.45) is 0 Å². The first-order chi connectivity index (χ1) is 10.7. The minimum absolute atomic E-state index is 0.202. The Kier molecular flexibility index (Phi) is 6.37. The van der Waals surface area contributed by atoms with E-state index in [1.54, 1.807) is 12.4 Å². The molecule has 4 nitrogen and oxygen atoms in total. The summed E-state index contributed by atoms with van der Waals surface area (Å²) in [6.45, 7) is 5.19. The van der Waals surface area contributed by atoms with Gasteiger partial charge in [-0.05, 0) is 37.1 Å². The number of hydrogen-bond donors (Lipinski definition) is 2. The van der Waals surface area contributed by atoms with Crippen LogP contribution in [0.15, 0.2) is 48.8 Å². The first kappa shape index (κ1) is 16.5. The van der Waals surface area contributed by atoms with Gasteiger partial charge >= 0.3 is 0 Å². The van der Waals surface area contributed by atoms with E-state index in [-0.39, 0.29) is 12.1 Å². The molecule has 118 valence electrons. The van der Waals surface area contributed by atoms with Gasteiger partial charge in [-0.15, -0.1) is 0 Å². The topological polar surface area (TPSA) is 54.4 Å². The number of nitrogens with zero attached hydrogens (tertiary/aromatic N) is 1. The van der Waals surface area contributed by atoms with Crippen LogP contribution in [0.25, 0.3) is 0 Å². The number of nitrogens with one attached hydrogen (secondary N) is 1. The number of hydrogen-bond acceptors (Lipinski definition) is 4. The molecule has 0 bridgehead atoms. The van der Waals surface area contributed by atoms with Crippen molar-refractivity contribution in [1.29, 1.82) is 0 Å². The average Bonchev–Trinajstić information content (AvgIpc) is 2.59. The van der Waals surface area contributed by atoms with Gasteiger partial charge in [0.05, 0.1) is 6.10 Å². The Morgan fingerprint density at radius 2 is 2.00 bits per heavy atom. The van der Waals surface area contributed by atoms with Gasteiger partial charge in [0, 0.05) is 30.5 Å². The maximum Gasteiger partial charge on any atom is 0.119 e. The fourth-order valence-electron chi connectivity index (χ4n) is 2.08.